The Kier molecular flexibility index (Phi) is 2.70. The van der Waals surface area contributed by atoms with Crippen molar-refractivity contribution in [1.29, 1.82) is 0 Å². The van der Waals surface area contributed by atoms with Gasteiger partial charge in [0, 0.05) is 25.2 Å². The molecule has 2 nitrogen and oxygen atoms in total. The van der Waals surface area contributed by atoms with E-state index in [2.05, 4.69) is 41.5 Å². The van der Waals surface area contributed by atoms with E-state index in [1.54, 1.807) is 11.1 Å². The molecule has 0 spiro atoms. The first-order valence-corrected chi connectivity index (χ1v) is 6.37. The fourth-order valence-corrected chi connectivity index (χ4v) is 2.97. The Hall–Kier alpha value is -0.860. The summed E-state index contributed by atoms with van der Waals surface area (Å²) in [7, 11) is 2.29. The third-order valence-electron chi connectivity index (χ3n) is 4.17. The van der Waals surface area contributed by atoms with Crippen molar-refractivity contribution >= 4 is 0 Å². The van der Waals surface area contributed by atoms with Crippen molar-refractivity contribution in [2.75, 3.05) is 20.1 Å². The summed E-state index contributed by atoms with van der Waals surface area (Å²) in [6, 6.07) is 10.4. The normalized spacial score (nSPS) is 25.2. The first kappa shape index (κ1) is 10.3. The smallest absolute Gasteiger partial charge is 0.0351 e. The highest BCUT2D eigenvalue weighted by atomic mass is 15.2. The highest BCUT2D eigenvalue weighted by molar-refractivity contribution is 5.32. The highest BCUT2D eigenvalue weighted by Gasteiger charge is 2.30. The number of nitrogens with zero attached hydrogens (tertiary/aromatic N) is 1. The van der Waals surface area contributed by atoms with Gasteiger partial charge in [-0.2, -0.15) is 0 Å². The molecule has 1 aromatic carbocycles. The van der Waals surface area contributed by atoms with Crippen molar-refractivity contribution in [3.8, 4) is 0 Å². The molecule has 1 N–H and O–H groups in total. The fourth-order valence-electron chi connectivity index (χ4n) is 2.97. The third kappa shape index (κ3) is 1.66. The molecule has 2 heteroatoms. The van der Waals surface area contributed by atoms with E-state index in [9.17, 15) is 0 Å². The van der Waals surface area contributed by atoms with Crippen molar-refractivity contribution in [2.45, 2.75) is 31.3 Å². The van der Waals surface area contributed by atoms with Crippen LogP contribution in [0.1, 0.15) is 30.0 Å². The van der Waals surface area contributed by atoms with Gasteiger partial charge in [0.25, 0.3) is 0 Å². The van der Waals surface area contributed by atoms with Crippen LogP contribution in [-0.4, -0.2) is 31.1 Å². The molecule has 0 radical (unpaired) electrons. The first-order valence-electron chi connectivity index (χ1n) is 6.37. The van der Waals surface area contributed by atoms with E-state index in [-0.39, 0.29) is 0 Å². The van der Waals surface area contributed by atoms with E-state index in [1.165, 1.54) is 19.3 Å². The molecule has 1 aliphatic heterocycles. The molecule has 1 heterocycles. The Balaban J connectivity index is 1.86. The molecule has 0 amide bonds. The first-order chi connectivity index (χ1) is 7.86. The fraction of sp³-hybridized carbons (Fsp3) is 0.571. The minimum absolute atomic E-state index is 0.650. The second kappa shape index (κ2) is 4.19. The number of hydrogen-bond donors (Lipinski definition) is 1. The summed E-state index contributed by atoms with van der Waals surface area (Å²) in [4.78, 5) is 2.58. The van der Waals surface area contributed by atoms with Crippen molar-refractivity contribution in [1.82, 2.24) is 10.2 Å². The van der Waals surface area contributed by atoms with Gasteiger partial charge in [-0.1, -0.05) is 24.3 Å². The van der Waals surface area contributed by atoms with Crippen LogP contribution in [0.2, 0.25) is 0 Å². The van der Waals surface area contributed by atoms with Gasteiger partial charge in [-0.15, -0.1) is 0 Å². The zero-order valence-electron chi connectivity index (χ0n) is 9.95. The standard InChI is InChI=1S/C14H20N2/c1-16(12-9-15-10-12)14-8-4-6-11-5-2-3-7-13(11)14/h2-3,5,7,12,14-15H,4,6,8-10H2,1H3. The van der Waals surface area contributed by atoms with Crippen LogP contribution in [0, 0.1) is 0 Å². The SMILES string of the molecule is CN(C1CNC1)C1CCCc2ccccc21. The van der Waals surface area contributed by atoms with Crippen molar-refractivity contribution in [3.63, 3.8) is 0 Å². The maximum Gasteiger partial charge on any atom is 0.0351 e. The van der Waals surface area contributed by atoms with Crippen molar-refractivity contribution < 1.29 is 0 Å². The van der Waals surface area contributed by atoms with Gasteiger partial charge in [-0.3, -0.25) is 4.90 Å². The van der Waals surface area contributed by atoms with Crippen LogP contribution in [0.5, 0.6) is 0 Å². The summed E-state index contributed by atoms with van der Waals surface area (Å²) in [5, 5.41) is 3.36. The molecular weight excluding hydrogens is 196 g/mol. The van der Waals surface area contributed by atoms with E-state index in [4.69, 9.17) is 0 Å². The Morgan fingerprint density at radius 2 is 2.06 bits per heavy atom. The van der Waals surface area contributed by atoms with Crippen LogP contribution < -0.4 is 5.32 Å². The maximum atomic E-state index is 3.36. The highest BCUT2D eigenvalue weighted by Crippen LogP contribution is 2.34. The Labute approximate surface area is 97.6 Å². The summed E-state index contributed by atoms with van der Waals surface area (Å²) in [5.74, 6) is 0. The number of fused-ring (bicyclic) bond motifs is 1. The maximum absolute atomic E-state index is 3.36. The number of benzene rings is 1. The van der Waals surface area contributed by atoms with E-state index < -0.39 is 0 Å². The van der Waals surface area contributed by atoms with E-state index in [1.807, 2.05) is 0 Å². The van der Waals surface area contributed by atoms with E-state index in [0.717, 1.165) is 19.1 Å². The molecule has 86 valence electrons. The lowest BCUT2D eigenvalue weighted by Gasteiger charge is -2.42. The quantitative estimate of drug-likeness (QED) is 0.813. The molecule has 1 unspecified atom stereocenters. The number of rotatable bonds is 2. The van der Waals surface area contributed by atoms with Gasteiger partial charge in [-0.25, -0.2) is 0 Å². The van der Waals surface area contributed by atoms with Gasteiger partial charge in [0.15, 0.2) is 0 Å². The lowest BCUT2D eigenvalue weighted by Crippen LogP contribution is -2.56. The van der Waals surface area contributed by atoms with Gasteiger partial charge < -0.3 is 5.32 Å². The predicted molar refractivity (Wildman–Crippen MR) is 66.5 cm³/mol. The van der Waals surface area contributed by atoms with Gasteiger partial charge in [0.2, 0.25) is 0 Å². The van der Waals surface area contributed by atoms with Gasteiger partial charge in [0.1, 0.15) is 0 Å². The zero-order chi connectivity index (χ0) is 11.0. The monoisotopic (exact) mass is 216 g/mol. The molecule has 2 aliphatic rings. The van der Waals surface area contributed by atoms with Crippen LogP contribution >= 0.6 is 0 Å². The lowest BCUT2D eigenvalue weighted by atomic mass is 9.86. The van der Waals surface area contributed by atoms with E-state index >= 15 is 0 Å². The molecule has 1 fully saturated rings. The molecule has 1 aliphatic carbocycles. The molecule has 0 bridgehead atoms. The average Bonchev–Trinajstić information content (AvgIpc) is 2.26. The summed E-state index contributed by atoms with van der Waals surface area (Å²) in [5.41, 5.74) is 3.14. The van der Waals surface area contributed by atoms with Crippen molar-refractivity contribution in [2.24, 2.45) is 0 Å². The second-order valence-electron chi connectivity index (χ2n) is 5.08. The van der Waals surface area contributed by atoms with Crippen LogP contribution in [0.4, 0.5) is 0 Å². The molecule has 16 heavy (non-hydrogen) atoms. The average molecular weight is 216 g/mol. The zero-order valence-corrected chi connectivity index (χ0v) is 9.95. The van der Waals surface area contributed by atoms with Crippen LogP contribution in [-0.2, 0) is 6.42 Å². The predicted octanol–water partition coefficient (Wildman–Crippen LogP) is 1.97. The molecule has 1 atom stereocenters. The molecule has 3 rings (SSSR count). The molecule has 0 aromatic heterocycles. The van der Waals surface area contributed by atoms with Gasteiger partial charge in [0.05, 0.1) is 0 Å². The van der Waals surface area contributed by atoms with E-state index in [0.29, 0.717) is 6.04 Å². The van der Waals surface area contributed by atoms with Crippen LogP contribution in [0.15, 0.2) is 24.3 Å². The Bertz CT molecular complexity index is 371. The number of likely N-dealkylation sites (N-methyl/N-ethyl adjacent to an activating group) is 1. The summed E-state index contributed by atoms with van der Waals surface area (Å²) < 4.78 is 0. The molecule has 0 saturated carbocycles. The minimum Gasteiger partial charge on any atom is -0.314 e. The van der Waals surface area contributed by atoms with Gasteiger partial charge >= 0.3 is 0 Å². The number of aryl methyl sites for hydroxylation is 1. The van der Waals surface area contributed by atoms with Crippen LogP contribution in [0.25, 0.3) is 0 Å². The summed E-state index contributed by atoms with van der Waals surface area (Å²) in [6.07, 6.45) is 3.93. The summed E-state index contributed by atoms with van der Waals surface area (Å²) >= 11 is 0. The number of nitrogens with one attached hydrogen (secondary N) is 1. The second-order valence-corrected chi connectivity index (χ2v) is 5.08. The third-order valence-corrected chi connectivity index (χ3v) is 4.17. The molecular formula is C14H20N2. The molecule has 1 aromatic rings. The van der Waals surface area contributed by atoms with Crippen molar-refractivity contribution in [3.05, 3.63) is 35.4 Å². The lowest BCUT2D eigenvalue weighted by molar-refractivity contribution is 0.116. The molecule has 1 saturated heterocycles. The number of hydrogen-bond acceptors (Lipinski definition) is 2. The summed E-state index contributed by atoms with van der Waals surface area (Å²) in [6.45, 7) is 2.32. The van der Waals surface area contributed by atoms with Crippen LogP contribution in [0.3, 0.4) is 0 Å². The van der Waals surface area contributed by atoms with Gasteiger partial charge in [-0.05, 0) is 37.4 Å². The Morgan fingerprint density at radius 3 is 2.81 bits per heavy atom. The Morgan fingerprint density at radius 1 is 1.25 bits per heavy atom. The largest absolute Gasteiger partial charge is 0.314 e. The topological polar surface area (TPSA) is 15.3 Å². The minimum atomic E-state index is 0.650.